The topological polar surface area (TPSA) is 55.1 Å². The number of aromatic nitrogens is 1. The van der Waals surface area contributed by atoms with E-state index in [4.69, 9.17) is 4.42 Å². The number of benzene rings is 2. The molecule has 1 atom stereocenters. The Hall–Kier alpha value is -2.53. The van der Waals surface area contributed by atoms with Crippen molar-refractivity contribution in [2.24, 2.45) is 0 Å². The Morgan fingerprint density at radius 1 is 1.07 bits per heavy atom. The molecule has 0 aliphatic carbocycles. The van der Waals surface area contributed by atoms with Crippen LogP contribution in [0, 0.1) is 0 Å². The third kappa shape index (κ3) is 5.23. The lowest BCUT2D eigenvalue weighted by Gasteiger charge is -2.11. The van der Waals surface area contributed by atoms with Crippen molar-refractivity contribution in [1.29, 1.82) is 0 Å². The smallest absolute Gasteiger partial charge is 0.257 e. The van der Waals surface area contributed by atoms with Gasteiger partial charge in [0.15, 0.2) is 5.76 Å². The largest absolute Gasteiger partial charge is 0.431 e. The van der Waals surface area contributed by atoms with Crippen LogP contribution in [-0.2, 0) is 4.79 Å². The molecule has 0 saturated heterocycles. The Morgan fingerprint density at radius 2 is 1.70 bits per heavy atom. The molecule has 1 heterocycles. The van der Waals surface area contributed by atoms with Crippen molar-refractivity contribution >= 4 is 17.7 Å². The zero-order valence-electron chi connectivity index (χ0n) is 15.6. The van der Waals surface area contributed by atoms with Gasteiger partial charge in [-0.15, -0.1) is 0 Å². The predicted molar refractivity (Wildman–Crippen MR) is 111 cm³/mol. The molecule has 0 bridgehead atoms. The van der Waals surface area contributed by atoms with Crippen molar-refractivity contribution in [1.82, 2.24) is 10.3 Å². The van der Waals surface area contributed by atoms with Gasteiger partial charge in [-0.05, 0) is 13.3 Å². The number of nitrogens with zero attached hydrogens (tertiary/aromatic N) is 1. The Morgan fingerprint density at radius 3 is 2.33 bits per heavy atom. The van der Waals surface area contributed by atoms with E-state index >= 15 is 0 Å². The molecule has 1 N–H and O–H groups in total. The molecule has 3 aromatic rings. The molecule has 0 aliphatic heterocycles. The molecule has 0 spiro atoms. The van der Waals surface area contributed by atoms with Gasteiger partial charge in [-0.25, -0.2) is 4.98 Å². The minimum Gasteiger partial charge on any atom is -0.431 e. The second-order valence-electron chi connectivity index (χ2n) is 6.44. The van der Waals surface area contributed by atoms with Crippen molar-refractivity contribution in [2.45, 2.75) is 38.0 Å². The number of hydrogen-bond donors (Lipinski definition) is 1. The lowest BCUT2D eigenvalue weighted by molar-refractivity contribution is -0.119. The molecule has 1 aromatic heterocycles. The summed E-state index contributed by atoms with van der Waals surface area (Å²) in [7, 11) is 0. The number of rotatable bonds is 8. The number of carbonyl (C=O) groups excluding carboxylic acids is 1. The summed E-state index contributed by atoms with van der Waals surface area (Å²) in [6.07, 6.45) is 2.03. The molecular weight excluding hydrogens is 356 g/mol. The molecule has 4 nitrogen and oxygen atoms in total. The number of thioether (sulfide) groups is 1. The van der Waals surface area contributed by atoms with Gasteiger partial charge < -0.3 is 9.73 Å². The first kappa shape index (κ1) is 19.2. The van der Waals surface area contributed by atoms with E-state index in [1.807, 2.05) is 67.6 Å². The van der Waals surface area contributed by atoms with Gasteiger partial charge in [-0.2, -0.15) is 0 Å². The van der Waals surface area contributed by atoms with Gasteiger partial charge in [0.05, 0.1) is 5.75 Å². The Kier molecular flexibility index (Phi) is 6.71. The van der Waals surface area contributed by atoms with Crippen molar-refractivity contribution in [3.05, 3.63) is 60.7 Å². The van der Waals surface area contributed by atoms with Gasteiger partial charge >= 0.3 is 0 Å². The summed E-state index contributed by atoms with van der Waals surface area (Å²) in [5.74, 6) is 1.02. The first-order chi connectivity index (χ1) is 13.2. The summed E-state index contributed by atoms with van der Waals surface area (Å²) >= 11 is 1.32. The maximum absolute atomic E-state index is 12.1. The quantitative estimate of drug-likeness (QED) is 0.531. The lowest BCUT2D eigenvalue weighted by Crippen LogP contribution is -2.33. The number of amides is 1. The average molecular weight is 381 g/mol. The summed E-state index contributed by atoms with van der Waals surface area (Å²) in [5, 5.41) is 3.51. The van der Waals surface area contributed by atoms with Crippen molar-refractivity contribution in [2.75, 3.05) is 5.75 Å². The minimum atomic E-state index is 0.00155. The number of nitrogens with one attached hydrogen (secondary N) is 1. The predicted octanol–water partition coefficient (Wildman–Crippen LogP) is 5.41. The number of hydrogen-bond acceptors (Lipinski definition) is 4. The SMILES string of the molecule is CCC[C@H](C)NC(=O)CSc1nc(-c2ccccc2)c(-c2ccccc2)o1. The lowest BCUT2D eigenvalue weighted by atomic mass is 10.1. The molecule has 0 aliphatic rings. The summed E-state index contributed by atoms with van der Waals surface area (Å²) in [6, 6.07) is 20.1. The van der Waals surface area contributed by atoms with Crippen molar-refractivity contribution < 1.29 is 9.21 Å². The molecule has 2 aromatic carbocycles. The zero-order valence-corrected chi connectivity index (χ0v) is 16.5. The first-order valence-corrected chi connectivity index (χ1v) is 10.2. The van der Waals surface area contributed by atoms with Crippen LogP contribution in [0.1, 0.15) is 26.7 Å². The van der Waals surface area contributed by atoms with E-state index in [1.165, 1.54) is 11.8 Å². The van der Waals surface area contributed by atoms with E-state index in [2.05, 4.69) is 17.2 Å². The second kappa shape index (κ2) is 9.42. The van der Waals surface area contributed by atoms with Crippen LogP contribution in [0.4, 0.5) is 0 Å². The average Bonchev–Trinajstić information content (AvgIpc) is 3.12. The van der Waals surface area contributed by atoms with E-state index in [9.17, 15) is 4.79 Å². The van der Waals surface area contributed by atoms with Crippen molar-refractivity contribution in [3.8, 4) is 22.6 Å². The van der Waals surface area contributed by atoms with Gasteiger partial charge in [0.1, 0.15) is 5.69 Å². The van der Waals surface area contributed by atoms with Gasteiger partial charge in [0.2, 0.25) is 5.91 Å². The molecular formula is C22H24N2O2S. The molecule has 5 heteroatoms. The second-order valence-corrected chi connectivity index (χ2v) is 7.36. The van der Waals surface area contributed by atoms with E-state index in [1.54, 1.807) is 0 Å². The summed E-state index contributed by atoms with van der Waals surface area (Å²) in [4.78, 5) is 16.8. The zero-order chi connectivity index (χ0) is 19.1. The molecule has 140 valence electrons. The number of carbonyl (C=O) groups is 1. The molecule has 0 unspecified atom stereocenters. The highest BCUT2D eigenvalue weighted by molar-refractivity contribution is 7.99. The summed E-state index contributed by atoms with van der Waals surface area (Å²) in [5.41, 5.74) is 2.76. The van der Waals surface area contributed by atoms with Crippen LogP contribution in [0.15, 0.2) is 70.3 Å². The molecule has 1 amide bonds. The van der Waals surface area contributed by atoms with Crippen LogP contribution in [0.3, 0.4) is 0 Å². The van der Waals surface area contributed by atoms with Gasteiger partial charge in [-0.3, -0.25) is 4.79 Å². The number of oxazole rings is 1. The highest BCUT2D eigenvalue weighted by atomic mass is 32.2. The Labute approximate surface area is 164 Å². The van der Waals surface area contributed by atoms with Crippen LogP contribution in [0.25, 0.3) is 22.6 Å². The van der Waals surface area contributed by atoms with Crippen LogP contribution in [0.2, 0.25) is 0 Å². The van der Waals surface area contributed by atoms with Crippen LogP contribution >= 0.6 is 11.8 Å². The van der Waals surface area contributed by atoms with E-state index in [0.29, 0.717) is 5.22 Å². The fraction of sp³-hybridized carbons (Fsp3) is 0.273. The minimum absolute atomic E-state index is 0.00155. The normalized spacial score (nSPS) is 11.9. The fourth-order valence-electron chi connectivity index (χ4n) is 2.89. The van der Waals surface area contributed by atoms with E-state index < -0.39 is 0 Å². The van der Waals surface area contributed by atoms with E-state index in [-0.39, 0.29) is 17.7 Å². The van der Waals surface area contributed by atoms with E-state index in [0.717, 1.165) is 35.4 Å². The van der Waals surface area contributed by atoms with Gasteiger partial charge in [0, 0.05) is 17.2 Å². The highest BCUT2D eigenvalue weighted by Gasteiger charge is 2.18. The fourth-order valence-corrected chi connectivity index (χ4v) is 3.52. The van der Waals surface area contributed by atoms with Gasteiger partial charge in [0.25, 0.3) is 5.22 Å². The highest BCUT2D eigenvalue weighted by Crippen LogP contribution is 2.35. The monoisotopic (exact) mass is 380 g/mol. The first-order valence-electron chi connectivity index (χ1n) is 9.21. The standard InChI is InChI=1S/C22H24N2O2S/c1-3-10-16(2)23-19(25)15-27-22-24-20(17-11-6-4-7-12-17)21(26-22)18-13-8-5-9-14-18/h4-9,11-14,16H,3,10,15H2,1-2H3,(H,23,25)/t16-/m0/s1. The maximum atomic E-state index is 12.1. The summed E-state index contributed by atoms with van der Waals surface area (Å²) < 4.78 is 6.03. The third-order valence-electron chi connectivity index (χ3n) is 4.15. The summed E-state index contributed by atoms with van der Waals surface area (Å²) in [6.45, 7) is 4.14. The maximum Gasteiger partial charge on any atom is 0.257 e. The Bertz CT molecular complexity index is 806. The van der Waals surface area contributed by atoms with Gasteiger partial charge in [-0.1, -0.05) is 85.8 Å². The molecule has 3 rings (SSSR count). The van der Waals surface area contributed by atoms with Crippen LogP contribution in [0.5, 0.6) is 0 Å². The molecule has 27 heavy (non-hydrogen) atoms. The third-order valence-corrected chi connectivity index (χ3v) is 4.97. The van der Waals surface area contributed by atoms with Crippen LogP contribution in [-0.4, -0.2) is 22.7 Å². The van der Waals surface area contributed by atoms with Crippen LogP contribution < -0.4 is 5.32 Å². The molecule has 0 radical (unpaired) electrons. The Balaban J connectivity index is 1.79. The molecule has 0 saturated carbocycles. The van der Waals surface area contributed by atoms with Crippen molar-refractivity contribution in [3.63, 3.8) is 0 Å². The molecule has 0 fully saturated rings.